The number of carbonyl (C=O) groups excluding carboxylic acids is 1. The average Bonchev–Trinajstić information content (AvgIpc) is 3.32. The summed E-state index contributed by atoms with van der Waals surface area (Å²) < 4.78 is 0. The zero-order valence-corrected chi connectivity index (χ0v) is 20.9. The second-order valence-corrected chi connectivity index (χ2v) is 10.1. The van der Waals surface area contributed by atoms with E-state index in [1.807, 2.05) is 107 Å². The van der Waals surface area contributed by atoms with Gasteiger partial charge in [-0.1, -0.05) is 84.4 Å². The number of hydrogen-bond donors (Lipinski definition) is 0. The number of halogens is 1. The Bertz CT molecular complexity index is 1510. The van der Waals surface area contributed by atoms with Gasteiger partial charge in [0.1, 0.15) is 0 Å². The summed E-state index contributed by atoms with van der Waals surface area (Å²) in [5.41, 5.74) is 5.48. The SMILES string of the molecule is CC(=O)C1=NN(c2ccccc2)[C@]2(S1)c1ccccc1C(c1ccc(Cl)cc1)=NN2c1ccccc1. The third-order valence-corrected chi connectivity index (χ3v) is 7.82. The summed E-state index contributed by atoms with van der Waals surface area (Å²) in [4.78, 5) is 11.7. The average molecular weight is 509 g/mol. The van der Waals surface area contributed by atoms with Gasteiger partial charge in [-0.05, 0) is 48.2 Å². The molecule has 0 amide bonds. The van der Waals surface area contributed by atoms with Crippen LogP contribution in [0.2, 0.25) is 5.02 Å². The third-order valence-electron chi connectivity index (χ3n) is 6.16. The zero-order valence-electron chi connectivity index (χ0n) is 19.4. The molecule has 0 aromatic heterocycles. The van der Waals surface area contributed by atoms with Crippen LogP contribution in [0, 0.1) is 0 Å². The fourth-order valence-corrected chi connectivity index (χ4v) is 5.95. The molecule has 6 rings (SSSR count). The van der Waals surface area contributed by atoms with Crippen molar-refractivity contribution < 1.29 is 4.79 Å². The van der Waals surface area contributed by atoms with Gasteiger partial charge < -0.3 is 0 Å². The number of Topliss-reactive ketones (excluding diaryl/α,β-unsaturated/α-hetero) is 1. The molecular formula is C29H21ClN4OS. The molecule has 0 bridgehead atoms. The van der Waals surface area contributed by atoms with Gasteiger partial charge in [0.15, 0.2) is 10.8 Å². The lowest BCUT2D eigenvalue weighted by Gasteiger charge is -2.47. The van der Waals surface area contributed by atoms with Crippen molar-refractivity contribution >= 4 is 51.3 Å². The standard InChI is InChI=1S/C29H21ClN4OS/c1-20(35)28-32-34(24-12-6-3-7-13-24)29(36-28)26-15-9-8-14-25(26)27(21-16-18-22(30)19-17-21)31-33(29)23-10-4-2-5-11-23/h2-19H,1H3/t29-/m0/s1. The van der Waals surface area contributed by atoms with Gasteiger partial charge in [-0.3, -0.25) is 4.79 Å². The molecule has 2 aliphatic rings. The van der Waals surface area contributed by atoms with Crippen LogP contribution in [0.25, 0.3) is 0 Å². The number of thioether (sulfide) groups is 1. The molecule has 5 nitrogen and oxygen atoms in total. The molecule has 0 saturated heterocycles. The highest BCUT2D eigenvalue weighted by Gasteiger charge is 2.55. The van der Waals surface area contributed by atoms with Gasteiger partial charge in [-0.2, -0.15) is 10.2 Å². The van der Waals surface area contributed by atoms with Crippen molar-refractivity contribution in [1.82, 2.24) is 0 Å². The maximum Gasteiger partial charge on any atom is 0.234 e. The Balaban J connectivity index is 1.66. The third kappa shape index (κ3) is 3.61. The van der Waals surface area contributed by atoms with Crippen molar-refractivity contribution in [3.05, 3.63) is 131 Å². The van der Waals surface area contributed by atoms with Crippen LogP contribution in [0.4, 0.5) is 11.4 Å². The van der Waals surface area contributed by atoms with Crippen LogP contribution in [-0.2, 0) is 9.79 Å². The van der Waals surface area contributed by atoms with Gasteiger partial charge in [0, 0.05) is 28.6 Å². The smallest absolute Gasteiger partial charge is 0.234 e. The quantitative estimate of drug-likeness (QED) is 0.301. The molecule has 36 heavy (non-hydrogen) atoms. The topological polar surface area (TPSA) is 48.3 Å². The number of hydrazone groups is 2. The number of hydrogen-bond acceptors (Lipinski definition) is 6. The van der Waals surface area contributed by atoms with E-state index < -0.39 is 4.99 Å². The van der Waals surface area contributed by atoms with Crippen LogP contribution in [-0.4, -0.2) is 16.5 Å². The first-order chi connectivity index (χ1) is 17.6. The van der Waals surface area contributed by atoms with E-state index in [9.17, 15) is 4.79 Å². The Hall–Kier alpha value is -3.87. The van der Waals surface area contributed by atoms with Gasteiger partial charge >= 0.3 is 0 Å². The molecule has 176 valence electrons. The van der Waals surface area contributed by atoms with E-state index >= 15 is 0 Å². The molecule has 0 N–H and O–H groups in total. The summed E-state index contributed by atoms with van der Waals surface area (Å²) in [5, 5.41) is 15.1. The Kier molecular flexibility index (Phi) is 5.63. The second kappa shape index (κ2) is 8.97. The minimum absolute atomic E-state index is 0.0872. The number of carbonyl (C=O) groups is 1. The van der Waals surface area contributed by atoms with Crippen molar-refractivity contribution in [2.45, 2.75) is 11.9 Å². The number of benzene rings is 4. The summed E-state index contributed by atoms with van der Waals surface area (Å²) in [6.07, 6.45) is 0. The molecule has 7 heteroatoms. The van der Waals surface area contributed by atoms with E-state index in [0.29, 0.717) is 10.1 Å². The molecule has 0 aliphatic carbocycles. The van der Waals surface area contributed by atoms with E-state index in [2.05, 4.69) is 12.1 Å². The lowest BCUT2D eigenvalue weighted by atomic mass is 9.93. The molecule has 0 radical (unpaired) electrons. The fourth-order valence-electron chi connectivity index (χ4n) is 4.54. The minimum atomic E-state index is -0.948. The predicted octanol–water partition coefficient (Wildman–Crippen LogP) is 6.88. The molecule has 2 heterocycles. The molecule has 1 spiro atoms. The lowest BCUT2D eigenvalue weighted by molar-refractivity contribution is -0.110. The first-order valence-corrected chi connectivity index (χ1v) is 12.7. The van der Waals surface area contributed by atoms with Gasteiger partial charge in [0.2, 0.25) is 4.99 Å². The van der Waals surface area contributed by atoms with E-state index in [0.717, 1.165) is 33.8 Å². The van der Waals surface area contributed by atoms with Crippen molar-refractivity contribution in [3.8, 4) is 0 Å². The summed E-state index contributed by atoms with van der Waals surface area (Å²) in [7, 11) is 0. The van der Waals surface area contributed by atoms with E-state index in [1.54, 1.807) is 6.92 Å². The van der Waals surface area contributed by atoms with Crippen molar-refractivity contribution in [3.63, 3.8) is 0 Å². The first-order valence-electron chi connectivity index (χ1n) is 11.5. The second-order valence-electron chi connectivity index (χ2n) is 8.47. The maximum absolute atomic E-state index is 12.7. The summed E-state index contributed by atoms with van der Waals surface area (Å²) in [5.74, 6) is -0.0872. The summed E-state index contributed by atoms with van der Waals surface area (Å²) in [6, 6.07) is 35.8. The monoisotopic (exact) mass is 508 g/mol. The van der Waals surface area contributed by atoms with Crippen molar-refractivity contribution in [2.75, 3.05) is 10.0 Å². The van der Waals surface area contributed by atoms with Crippen LogP contribution in [0.3, 0.4) is 0 Å². The molecule has 2 aliphatic heterocycles. The summed E-state index contributed by atoms with van der Waals surface area (Å²) in [6.45, 7) is 1.55. The van der Waals surface area contributed by atoms with Crippen LogP contribution >= 0.6 is 23.4 Å². The number of fused-ring (bicyclic) bond motifs is 2. The number of nitrogens with zero attached hydrogens (tertiary/aromatic N) is 4. The predicted molar refractivity (Wildman–Crippen MR) is 149 cm³/mol. The fraction of sp³-hybridized carbons (Fsp3) is 0.0690. The van der Waals surface area contributed by atoms with E-state index in [-0.39, 0.29) is 5.78 Å². The number of rotatable bonds is 4. The molecule has 4 aromatic carbocycles. The molecular weight excluding hydrogens is 488 g/mol. The van der Waals surface area contributed by atoms with E-state index in [1.165, 1.54) is 11.8 Å². The Morgan fingerprint density at radius 1 is 0.750 bits per heavy atom. The molecule has 4 aromatic rings. The molecule has 1 atom stereocenters. The number of anilines is 2. The van der Waals surface area contributed by atoms with Crippen LogP contribution < -0.4 is 10.0 Å². The minimum Gasteiger partial charge on any atom is -0.292 e. The normalized spacial score (nSPS) is 18.6. The van der Waals surface area contributed by atoms with Crippen molar-refractivity contribution in [2.24, 2.45) is 10.2 Å². The van der Waals surface area contributed by atoms with Crippen LogP contribution in [0.1, 0.15) is 23.6 Å². The van der Waals surface area contributed by atoms with Gasteiger partial charge in [-0.15, -0.1) is 0 Å². The van der Waals surface area contributed by atoms with Gasteiger partial charge in [-0.25, -0.2) is 10.0 Å². The summed E-state index contributed by atoms with van der Waals surface area (Å²) >= 11 is 7.61. The highest BCUT2D eigenvalue weighted by atomic mass is 35.5. The number of ketones is 1. The largest absolute Gasteiger partial charge is 0.292 e. The van der Waals surface area contributed by atoms with Crippen LogP contribution in [0.15, 0.2) is 119 Å². The van der Waals surface area contributed by atoms with Gasteiger partial charge in [0.05, 0.1) is 17.1 Å². The van der Waals surface area contributed by atoms with Crippen molar-refractivity contribution in [1.29, 1.82) is 0 Å². The highest BCUT2D eigenvalue weighted by molar-refractivity contribution is 8.17. The Morgan fingerprint density at radius 3 is 1.92 bits per heavy atom. The highest BCUT2D eigenvalue weighted by Crippen LogP contribution is 2.54. The van der Waals surface area contributed by atoms with E-state index in [4.69, 9.17) is 21.8 Å². The first kappa shape index (κ1) is 22.6. The molecule has 0 unspecified atom stereocenters. The number of para-hydroxylation sites is 2. The molecule has 0 fully saturated rings. The Morgan fingerprint density at radius 2 is 1.31 bits per heavy atom. The molecule has 0 saturated carbocycles. The Labute approximate surface area is 218 Å². The van der Waals surface area contributed by atoms with Crippen LogP contribution in [0.5, 0.6) is 0 Å². The lowest BCUT2D eigenvalue weighted by Crippen LogP contribution is -2.54. The van der Waals surface area contributed by atoms with Gasteiger partial charge in [0.25, 0.3) is 0 Å². The maximum atomic E-state index is 12.7. The zero-order chi connectivity index (χ0) is 24.7.